The Morgan fingerprint density at radius 2 is 2.22 bits per heavy atom. The molecule has 0 heterocycles. The quantitative estimate of drug-likeness (QED) is 0.744. The first kappa shape index (κ1) is 14.9. The Bertz CT molecular complexity index is 425. The van der Waals surface area contributed by atoms with Crippen molar-refractivity contribution in [2.75, 3.05) is 7.11 Å². The molecule has 3 N–H and O–H groups in total. The van der Waals surface area contributed by atoms with Gasteiger partial charge in [-0.15, -0.1) is 0 Å². The molecule has 0 spiro atoms. The predicted molar refractivity (Wildman–Crippen MR) is 70.5 cm³/mol. The van der Waals surface area contributed by atoms with Crippen LogP contribution in [0.15, 0.2) is 22.7 Å². The number of hydrogen-bond acceptors (Lipinski definition) is 4. The molecule has 0 aromatic heterocycles. The van der Waals surface area contributed by atoms with E-state index in [9.17, 15) is 9.90 Å². The first-order chi connectivity index (χ1) is 8.47. The molecule has 0 amide bonds. The van der Waals surface area contributed by atoms with E-state index >= 15 is 0 Å². The normalized spacial score (nSPS) is 14.2. The molecule has 1 aromatic rings. The zero-order valence-electron chi connectivity index (χ0n) is 10.2. The molecule has 0 saturated heterocycles. The van der Waals surface area contributed by atoms with Crippen LogP contribution in [0.25, 0.3) is 0 Å². The van der Waals surface area contributed by atoms with Crippen molar-refractivity contribution >= 4 is 21.9 Å². The van der Waals surface area contributed by atoms with Crippen LogP contribution in [0.3, 0.4) is 0 Å². The second-order valence-corrected chi connectivity index (χ2v) is 4.68. The van der Waals surface area contributed by atoms with E-state index in [1.807, 2.05) is 0 Å². The van der Waals surface area contributed by atoms with Gasteiger partial charge in [-0.05, 0) is 34.5 Å². The summed E-state index contributed by atoms with van der Waals surface area (Å²) >= 11 is 3.25. The van der Waals surface area contributed by atoms with E-state index in [0.29, 0.717) is 11.0 Å². The summed E-state index contributed by atoms with van der Waals surface area (Å²) in [4.78, 5) is 11.1. The molecule has 1 aromatic carbocycles. The van der Waals surface area contributed by atoms with Crippen molar-refractivity contribution in [2.45, 2.75) is 25.6 Å². The number of aliphatic carboxylic acids is 1. The van der Waals surface area contributed by atoms with Crippen molar-refractivity contribution in [1.82, 2.24) is 5.32 Å². The predicted octanol–water partition coefficient (Wildman–Crippen LogP) is 1.73. The maximum atomic E-state index is 11.1. The number of carbonyl (C=O) groups is 1. The molecule has 0 aliphatic rings. The fourth-order valence-corrected chi connectivity index (χ4v) is 1.92. The maximum absolute atomic E-state index is 11.1. The van der Waals surface area contributed by atoms with Crippen LogP contribution in [0.4, 0.5) is 0 Å². The zero-order chi connectivity index (χ0) is 13.7. The minimum atomic E-state index is -0.972. The number of aromatic hydroxyl groups is 1. The van der Waals surface area contributed by atoms with Crippen molar-refractivity contribution < 1.29 is 19.7 Å². The van der Waals surface area contributed by atoms with Gasteiger partial charge in [0.05, 0.1) is 10.6 Å². The molecular formula is C12H16BrNO4. The summed E-state index contributed by atoms with van der Waals surface area (Å²) in [6, 6.07) is 4.25. The van der Waals surface area contributed by atoms with E-state index in [1.165, 1.54) is 7.11 Å². The molecule has 0 aliphatic carbocycles. The molecule has 2 atom stereocenters. The van der Waals surface area contributed by atoms with E-state index in [0.717, 1.165) is 5.56 Å². The lowest BCUT2D eigenvalue weighted by atomic mass is 10.1. The summed E-state index contributed by atoms with van der Waals surface area (Å²) in [6.07, 6.45) is -0.446. The largest absolute Gasteiger partial charge is 0.507 e. The van der Waals surface area contributed by atoms with Gasteiger partial charge in [-0.1, -0.05) is 12.1 Å². The highest BCUT2D eigenvalue weighted by Crippen LogP contribution is 2.27. The molecule has 0 fully saturated rings. The first-order valence-electron chi connectivity index (χ1n) is 5.42. The fraction of sp³-hybridized carbons (Fsp3) is 0.417. The lowest BCUT2D eigenvalue weighted by Gasteiger charge is -2.20. The van der Waals surface area contributed by atoms with Gasteiger partial charge in [0.25, 0.3) is 0 Å². The molecule has 1 rings (SSSR count). The molecule has 100 valence electrons. The summed E-state index contributed by atoms with van der Waals surface area (Å²) in [6.45, 7) is 2.00. The van der Waals surface area contributed by atoms with E-state index in [1.54, 1.807) is 25.1 Å². The van der Waals surface area contributed by atoms with Crippen LogP contribution in [-0.4, -0.2) is 35.4 Å². The topological polar surface area (TPSA) is 78.8 Å². The fourth-order valence-electron chi connectivity index (χ4n) is 1.51. The summed E-state index contributed by atoms with van der Waals surface area (Å²) in [5.41, 5.74) is 0.782. The van der Waals surface area contributed by atoms with E-state index in [4.69, 9.17) is 9.84 Å². The summed E-state index contributed by atoms with van der Waals surface area (Å²) in [7, 11) is 1.46. The van der Waals surface area contributed by atoms with Gasteiger partial charge in [0.2, 0.25) is 0 Å². The zero-order valence-corrected chi connectivity index (χ0v) is 11.8. The Morgan fingerprint density at radius 3 is 2.78 bits per heavy atom. The van der Waals surface area contributed by atoms with E-state index in [-0.39, 0.29) is 5.75 Å². The summed E-state index contributed by atoms with van der Waals surface area (Å²) < 4.78 is 5.57. The Hall–Kier alpha value is -1.11. The van der Waals surface area contributed by atoms with Gasteiger partial charge in [0.1, 0.15) is 11.8 Å². The molecule has 18 heavy (non-hydrogen) atoms. The summed E-state index contributed by atoms with van der Waals surface area (Å²) in [5.74, 6) is -0.846. The second-order valence-electron chi connectivity index (χ2n) is 3.89. The number of rotatable bonds is 6. The molecule has 0 unspecified atom stereocenters. The minimum Gasteiger partial charge on any atom is -0.507 e. The van der Waals surface area contributed by atoms with E-state index < -0.39 is 18.1 Å². The SMILES string of the molecule is CO[C@H](C)[C@H](NCc1cccc(O)c1Br)C(=O)O. The third kappa shape index (κ3) is 3.69. The number of carboxylic acid groups (broad SMARTS) is 1. The highest BCUT2D eigenvalue weighted by Gasteiger charge is 2.24. The van der Waals surface area contributed by atoms with Crippen molar-refractivity contribution in [2.24, 2.45) is 0 Å². The Morgan fingerprint density at radius 1 is 1.56 bits per heavy atom. The number of carboxylic acids is 1. The smallest absolute Gasteiger partial charge is 0.323 e. The van der Waals surface area contributed by atoms with Crippen molar-refractivity contribution in [1.29, 1.82) is 0 Å². The molecule has 0 saturated carbocycles. The van der Waals surface area contributed by atoms with Crippen LogP contribution in [0.5, 0.6) is 5.75 Å². The van der Waals surface area contributed by atoms with Crippen LogP contribution >= 0.6 is 15.9 Å². The van der Waals surface area contributed by atoms with Crippen molar-refractivity contribution in [3.05, 3.63) is 28.2 Å². The molecule has 5 nitrogen and oxygen atoms in total. The van der Waals surface area contributed by atoms with Crippen molar-refractivity contribution in [3.63, 3.8) is 0 Å². The van der Waals surface area contributed by atoms with Gasteiger partial charge in [-0.3, -0.25) is 10.1 Å². The van der Waals surface area contributed by atoms with Crippen LogP contribution in [0, 0.1) is 0 Å². The summed E-state index contributed by atoms with van der Waals surface area (Å²) in [5, 5.41) is 21.5. The number of nitrogens with one attached hydrogen (secondary N) is 1. The van der Waals surface area contributed by atoms with Crippen LogP contribution in [0.2, 0.25) is 0 Å². The van der Waals surface area contributed by atoms with Gasteiger partial charge in [0.15, 0.2) is 0 Å². The van der Waals surface area contributed by atoms with Gasteiger partial charge in [0, 0.05) is 13.7 Å². The molecule has 0 aliphatic heterocycles. The van der Waals surface area contributed by atoms with Gasteiger partial charge in [-0.2, -0.15) is 0 Å². The monoisotopic (exact) mass is 317 g/mol. The number of halogens is 1. The molecule has 6 heteroatoms. The van der Waals surface area contributed by atoms with Crippen LogP contribution < -0.4 is 5.32 Å². The lowest BCUT2D eigenvalue weighted by Crippen LogP contribution is -2.45. The molecular weight excluding hydrogens is 302 g/mol. The van der Waals surface area contributed by atoms with Crippen molar-refractivity contribution in [3.8, 4) is 5.75 Å². The number of benzene rings is 1. The first-order valence-corrected chi connectivity index (χ1v) is 6.22. The standard InChI is InChI=1S/C12H16BrNO4/c1-7(18-2)11(12(16)17)14-6-8-4-3-5-9(15)10(8)13/h3-5,7,11,14-15H,6H2,1-2H3,(H,16,17)/t7-,11+/m1/s1. The number of methoxy groups -OCH3 is 1. The Labute approximate surface area is 114 Å². The van der Waals surface area contributed by atoms with Gasteiger partial charge >= 0.3 is 5.97 Å². The van der Waals surface area contributed by atoms with Gasteiger partial charge < -0.3 is 14.9 Å². The number of hydrogen-bond donors (Lipinski definition) is 3. The van der Waals surface area contributed by atoms with Crippen LogP contribution in [0.1, 0.15) is 12.5 Å². The average molecular weight is 318 g/mol. The third-order valence-corrected chi connectivity index (χ3v) is 3.59. The lowest BCUT2D eigenvalue weighted by molar-refractivity contribution is -0.142. The number of phenols is 1. The highest BCUT2D eigenvalue weighted by atomic mass is 79.9. The van der Waals surface area contributed by atoms with Gasteiger partial charge in [-0.25, -0.2) is 0 Å². The molecule has 0 radical (unpaired) electrons. The Kier molecular flexibility index (Phi) is 5.58. The molecule has 0 bridgehead atoms. The third-order valence-electron chi connectivity index (χ3n) is 2.68. The minimum absolute atomic E-state index is 0.126. The highest BCUT2D eigenvalue weighted by molar-refractivity contribution is 9.10. The number of phenolic OH excluding ortho intramolecular Hbond substituents is 1. The van der Waals surface area contributed by atoms with E-state index in [2.05, 4.69) is 21.2 Å². The average Bonchev–Trinajstić information content (AvgIpc) is 2.33. The Balaban J connectivity index is 2.73. The second kappa shape index (κ2) is 6.72. The maximum Gasteiger partial charge on any atom is 0.323 e. The number of ether oxygens (including phenoxy) is 1. The van der Waals surface area contributed by atoms with Crippen LogP contribution in [-0.2, 0) is 16.1 Å².